The van der Waals surface area contributed by atoms with Crippen LogP contribution >= 0.6 is 0 Å². The van der Waals surface area contributed by atoms with E-state index in [0.717, 1.165) is 5.69 Å². The topological polar surface area (TPSA) is 71.1 Å². The van der Waals surface area contributed by atoms with Crippen LogP contribution in [-0.2, 0) is 4.79 Å². The van der Waals surface area contributed by atoms with E-state index in [1.807, 2.05) is 0 Å². The van der Waals surface area contributed by atoms with Crippen molar-refractivity contribution in [3.05, 3.63) is 59.5 Å². The molecule has 0 atom stereocenters. The molecule has 0 saturated heterocycles. The molecular weight excluding hydrogens is 273 g/mol. The van der Waals surface area contributed by atoms with Crippen LogP contribution in [0.2, 0.25) is 0 Å². The Hall–Kier alpha value is -2.76. The first kappa shape index (κ1) is 14.6. The predicted molar refractivity (Wildman–Crippen MR) is 76.3 cm³/mol. The number of amides is 2. The van der Waals surface area contributed by atoms with Crippen molar-refractivity contribution in [2.45, 2.75) is 6.92 Å². The first-order chi connectivity index (χ1) is 10.1. The fraction of sp³-hybridized carbons (Fsp3) is 0.133. The summed E-state index contributed by atoms with van der Waals surface area (Å²) in [5.74, 6) is -1.30. The molecule has 0 radical (unpaired) electrons. The molecule has 108 valence electrons. The Balaban J connectivity index is 1.90. The largest absolute Gasteiger partial charge is 0.343 e. The zero-order valence-electron chi connectivity index (χ0n) is 11.4. The number of carbonyl (C=O) groups excluding carboxylic acids is 2. The zero-order valence-corrected chi connectivity index (χ0v) is 11.4. The molecule has 2 amide bonds. The van der Waals surface area contributed by atoms with Gasteiger partial charge in [0.1, 0.15) is 11.6 Å². The molecule has 1 heterocycles. The second kappa shape index (κ2) is 6.60. The highest BCUT2D eigenvalue weighted by Crippen LogP contribution is 2.06. The van der Waals surface area contributed by atoms with E-state index < -0.39 is 17.6 Å². The molecule has 0 fully saturated rings. The number of rotatable bonds is 4. The third-order valence-corrected chi connectivity index (χ3v) is 2.68. The van der Waals surface area contributed by atoms with Crippen molar-refractivity contribution in [1.29, 1.82) is 0 Å². The number of anilines is 1. The van der Waals surface area contributed by atoms with Crippen LogP contribution in [0, 0.1) is 12.7 Å². The van der Waals surface area contributed by atoms with Crippen LogP contribution in [0.15, 0.2) is 42.5 Å². The molecule has 2 N–H and O–H groups in total. The smallest absolute Gasteiger partial charge is 0.254 e. The zero-order chi connectivity index (χ0) is 15.2. The molecule has 0 bridgehead atoms. The Morgan fingerprint density at radius 3 is 2.62 bits per heavy atom. The number of benzene rings is 1. The normalized spacial score (nSPS) is 10.0. The molecule has 0 aliphatic rings. The van der Waals surface area contributed by atoms with Gasteiger partial charge in [0.05, 0.1) is 12.1 Å². The second-order valence-corrected chi connectivity index (χ2v) is 4.37. The number of hydrogen-bond acceptors (Lipinski definition) is 3. The minimum atomic E-state index is -0.638. The van der Waals surface area contributed by atoms with Gasteiger partial charge in [0.25, 0.3) is 5.91 Å². The van der Waals surface area contributed by atoms with Crippen molar-refractivity contribution in [3.8, 4) is 0 Å². The number of carbonyl (C=O) groups is 2. The molecule has 1 aromatic heterocycles. The van der Waals surface area contributed by atoms with Crippen molar-refractivity contribution < 1.29 is 14.0 Å². The summed E-state index contributed by atoms with van der Waals surface area (Å²) in [5, 5.41) is 4.90. The first-order valence-electron chi connectivity index (χ1n) is 6.32. The SMILES string of the molecule is Cc1cccc(NC(=O)CNC(=O)c2ccccc2F)n1. The fourth-order valence-electron chi connectivity index (χ4n) is 1.70. The van der Waals surface area contributed by atoms with Gasteiger partial charge in [-0.25, -0.2) is 9.37 Å². The average Bonchev–Trinajstić information content (AvgIpc) is 2.45. The molecule has 6 heteroatoms. The van der Waals surface area contributed by atoms with E-state index in [4.69, 9.17) is 0 Å². The molecule has 0 aliphatic heterocycles. The summed E-state index contributed by atoms with van der Waals surface area (Å²) in [6.07, 6.45) is 0. The molecular formula is C15H14FN3O2. The molecule has 0 saturated carbocycles. The number of pyridine rings is 1. The van der Waals surface area contributed by atoms with Crippen LogP contribution in [0.5, 0.6) is 0 Å². The lowest BCUT2D eigenvalue weighted by Crippen LogP contribution is -2.33. The van der Waals surface area contributed by atoms with Gasteiger partial charge in [0.2, 0.25) is 5.91 Å². The summed E-state index contributed by atoms with van der Waals surface area (Å²) < 4.78 is 13.4. The summed E-state index contributed by atoms with van der Waals surface area (Å²) in [4.78, 5) is 27.5. The van der Waals surface area contributed by atoms with E-state index >= 15 is 0 Å². The van der Waals surface area contributed by atoms with Gasteiger partial charge >= 0.3 is 0 Å². The minimum absolute atomic E-state index is 0.0982. The number of aromatic nitrogens is 1. The maximum absolute atomic E-state index is 13.4. The Morgan fingerprint density at radius 2 is 1.90 bits per heavy atom. The monoisotopic (exact) mass is 287 g/mol. The van der Waals surface area contributed by atoms with Crippen LogP contribution in [-0.4, -0.2) is 23.3 Å². The van der Waals surface area contributed by atoms with E-state index in [1.54, 1.807) is 31.2 Å². The third kappa shape index (κ3) is 4.10. The van der Waals surface area contributed by atoms with Gasteiger partial charge in [-0.1, -0.05) is 18.2 Å². The number of halogens is 1. The van der Waals surface area contributed by atoms with Gasteiger partial charge in [-0.3, -0.25) is 9.59 Å². The highest BCUT2D eigenvalue weighted by molar-refractivity contribution is 5.99. The minimum Gasteiger partial charge on any atom is -0.343 e. The molecule has 2 aromatic rings. The first-order valence-corrected chi connectivity index (χ1v) is 6.32. The van der Waals surface area contributed by atoms with Gasteiger partial charge < -0.3 is 10.6 Å². The quantitative estimate of drug-likeness (QED) is 0.902. The van der Waals surface area contributed by atoms with Gasteiger partial charge in [-0.15, -0.1) is 0 Å². The summed E-state index contributed by atoms with van der Waals surface area (Å²) >= 11 is 0. The number of nitrogens with zero attached hydrogens (tertiary/aromatic N) is 1. The molecule has 0 unspecified atom stereocenters. The van der Waals surface area contributed by atoms with Crippen molar-refractivity contribution >= 4 is 17.6 Å². The summed E-state index contributed by atoms with van der Waals surface area (Å²) in [5.41, 5.74) is 0.669. The van der Waals surface area contributed by atoms with Crippen LogP contribution in [0.1, 0.15) is 16.1 Å². The van der Waals surface area contributed by atoms with E-state index in [2.05, 4.69) is 15.6 Å². The van der Waals surface area contributed by atoms with E-state index in [0.29, 0.717) is 5.82 Å². The average molecular weight is 287 g/mol. The summed E-state index contributed by atoms with van der Waals surface area (Å²) in [6.45, 7) is 1.54. The van der Waals surface area contributed by atoms with E-state index in [9.17, 15) is 14.0 Å². The van der Waals surface area contributed by atoms with Crippen LogP contribution in [0.25, 0.3) is 0 Å². The standard InChI is InChI=1S/C15H14FN3O2/c1-10-5-4-8-13(18-10)19-14(20)9-17-15(21)11-6-2-3-7-12(11)16/h2-8H,9H2,1H3,(H,17,21)(H,18,19,20). The Morgan fingerprint density at radius 1 is 1.14 bits per heavy atom. The molecule has 0 spiro atoms. The number of aryl methyl sites for hydroxylation is 1. The number of nitrogens with one attached hydrogen (secondary N) is 2. The second-order valence-electron chi connectivity index (χ2n) is 4.37. The predicted octanol–water partition coefficient (Wildman–Crippen LogP) is 1.90. The third-order valence-electron chi connectivity index (χ3n) is 2.68. The highest BCUT2D eigenvalue weighted by Gasteiger charge is 2.12. The van der Waals surface area contributed by atoms with Gasteiger partial charge in [-0.05, 0) is 31.2 Å². The van der Waals surface area contributed by atoms with E-state index in [1.165, 1.54) is 18.2 Å². The lowest BCUT2D eigenvalue weighted by molar-refractivity contribution is -0.115. The van der Waals surface area contributed by atoms with Crippen LogP contribution in [0.3, 0.4) is 0 Å². The Labute approximate surface area is 121 Å². The summed E-state index contributed by atoms with van der Waals surface area (Å²) in [7, 11) is 0. The van der Waals surface area contributed by atoms with Crippen molar-refractivity contribution in [3.63, 3.8) is 0 Å². The van der Waals surface area contributed by atoms with Gasteiger partial charge in [-0.2, -0.15) is 0 Å². The molecule has 0 aliphatic carbocycles. The van der Waals surface area contributed by atoms with Crippen molar-refractivity contribution in [1.82, 2.24) is 10.3 Å². The van der Waals surface area contributed by atoms with E-state index in [-0.39, 0.29) is 12.1 Å². The molecule has 2 rings (SSSR count). The lowest BCUT2D eigenvalue weighted by atomic mass is 10.2. The number of hydrogen-bond donors (Lipinski definition) is 2. The van der Waals surface area contributed by atoms with Crippen molar-refractivity contribution in [2.75, 3.05) is 11.9 Å². The van der Waals surface area contributed by atoms with Gasteiger partial charge in [0, 0.05) is 5.69 Å². The highest BCUT2D eigenvalue weighted by atomic mass is 19.1. The summed E-state index contributed by atoms with van der Waals surface area (Å²) in [6, 6.07) is 10.8. The molecule has 1 aromatic carbocycles. The Bertz CT molecular complexity index is 673. The van der Waals surface area contributed by atoms with Crippen LogP contribution in [0.4, 0.5) is 10.2 Å². The van der Waals surface area contributed by atoms with Gasteiger partial charge in [0.15, 0.2) is 0 Å². The lowest BCUT2D eigenvalue weighted by Gasteiger charge is -2.07. The maximum atomic E-state index is 13.4. The Kier molecular flexibility index (Phi) is 4.61. The molecule has 5 nitrogen and oxygen atoms in total. The van der Waals surface area contributed by atoms with Crippen LogP contribution < -0.4 is 10.6 Å². The molecule has 21 heavy (non-hydrogen) atoms. The maximum Gasteiger partial charge on any atom is 0.254 e. The fourth-order valence-corrected chi connectivity index (χ4v) is 1.70. The van der Waals surface area contributed by atoms with Crippen molar-refractivity contribution in [2.24, 2.45) is 0 Å².